The van der Waals surface area contributed by atoms with E-state index in [9.17, 15) is 4.79 Å². The topological polar surface area (TPSA) is 41.6 Å². The number of benzene rings is 2. The van der Waals surface area contributed by atoms with E-state index in [4.69, 9.17) is 4.74 Å². The Bertz CT molecular complexity index is 764. The summed E-state index contributed by atoms with van der Waals surface area (Å²) in [5.74, 6) is 0.841. The zero-order valence-corrected chi connectivity index (χ0v) is 16.6. The standard InChI is InChI=1S/C23H30N2O2/c1-4-21(19-10-13-22(27-3)17(2)16-19)24-23(26)18-8-11-20(12-9-18)25-14-6-5-7-15-25/h8-13,16,21H,4-7,14-15H2,1-3H3,(H,24,26). The molecule has 0 bridgehead atoms. The smallest absolute Gasteiger partial charge is 0.251 e. The molecule has 1 atom stereocenters. The number of nitrogens with zero attached hydrogens (tertiary/aromatic N) is 1. The van der Waals surface area contributed by atoms with Crippen molar-refractivity contribution in [3.8, 4) is 5.75 Å². The average molecular weight is 367 g/mol. The van der Waals surface area contributed by atoms with Gasteiger partial charge in [-0.05, 0) is 74.1 Å². The third-order valence-corrected chi connectivity index (χ3v) is 5.39. The zero-order chi connectivity index (χ0) is 19.2. The van der Waals surface area contributed by atoms with Gasteiger partial charge in [0.2, 0.25) is 0 Å². The van der Waals surface area contributed by atoms with E-state index in [1.54, 1.807) is 7.11 Å². The Morgan fingerprint density at radius 3 is 2.41 bits per heavy atom. The molecular formula is C23H30N2O2. The van der Waals surface area contributed by atoms with E-state index in [1.165, 1.54) is 24.9 Å². The number of methoxy groups -OCH3 is 1. The fourth-order valence-corrected chi connectivity index (χ4v) is 3.76. The van der Waals surface area contributed by atoms with Crippen LogP contribution in [0.5, 0.6) is 5.75 Å². The molecule has 2 aromatic carbocycles. The summed E-state index contributed by atoms with van der Waals surface area (Å²) in [5, 5.41) is 3.17. The van der Waals surface area contributed by atoms with Crippen LogP contribution in [-0.4, -0.2) is 26.1 Å². The predicted molar refractivity (Wildman–Crippen MR) is 111 cm³/mol. The molecule has 1 fully saturated rings. The molecule has 144 valence electrons. The molecule has 1 aliphatic heterocycles. The van der Waals surface area contributed by atoms with Crippen molar-refractivity contribution >= 4 is 11.6 Å². The van der Waals surface area contributed by atoms with E-state index in [-0.39, 0.29) is 11.9 Å². The first-order valence-electron chi connectivity index (χ1n) is 9.92. The maximum Gasteiger partial charge on any atom is 0.251 e. The van der Waals surface area contributed by atoms with Gasteiger partial charge in [-0.3, -0.25) is 4.79 Å². The first kappa shape index (κ1) is 19.3. The molecule has 0 saturated carbocycles. The third-order valence-electron chi connectivity index (χ3n) is 5.39. The number of hydrogen-bond acceptors (Lipinski definition) is 3. The molecule has 27 heavy (non-hydrogen) atoms. The van der Waals surface area contributed by atoms with Gasteiger partial charge in [-0.25, -0.2) is 0 Å². The molecule has 0 aliphatic carbocycles. The number of nitrogens with one attached hydrogen (secondary N) is 1. The van der Waals surface area contributed by atoms with Crippen LogP contribution in [-0.2, 0) is 0 Å². The van der Waals surface area contributed by atoms with Gasteiger partial charge < -0.3 is 15.0 Å². The van der Waals surface area contributed by atoms with Gasteiger partial charge >= 0.3 is 0 Å². The van der Waals surface area contributed by atoms with Gasteiger partial charge in [0.1, 0.15) is 5.75 Å². The lowest BCUT2D eigenvalue weighted by atomic mass is 10.0. The molecule has 2 aromatic rings. The first-order valence-corrected chi connectivity index (χ1v) is 9.92. The second-order valence-corrected chi connectivity index (χ2v) is 7.26. The molecule has 0 radical (unpaired) electrons. The minimum atomic E-state index is -0.0273. The Morgan fingerprint density at radius 1 is 1.11 bits per heavy atom. The maximum atomic E-state index is 12.7. The second kappa shape index (κ2) is 8.94. The first-order chi connectivity index (χ1) is 13.1. The van der Waals surface area contributed by atoms with E-state index in [1.807, 2.05) is 31.2 Å². The van der Waals surface area contributed by atoms with Gasteiger partial charge in [0.15, 0.2) is 0 Å². The summed E-state index contributed by atoms with van der Waals surface area (Å²) in [4.78, 5) is 15.1. The van der Waals surface area contributed by atoms with Gasteiger partial charge in [-0.2, -0.15) is 0 Å². The van der Waals surface area contributed by atoms with Crippen LogP contribution in [0.3, 0.4) is 0 Å². The van der Waals surface area contributed by atoms with Crippen LogP contribution in [0.4, 0.5) is 5.69 Å². The Morgan fingerprint density at radius 2 is 1.81 bits per heavy atom. The average Bonchev–Trinajstić information content (AvgIpc) is 2.72. The third kappa shape index (κ3) is 4.62. The van der Waals surface area contributed by atoms with Crippen LogP contribution in [0.15, 0.2) is 42.5 Å². The number of carbonyl (C=O) groups excluding carboxylic acids is 1. The van der Waals surface area contributed by atoms with Crippen LogP contribution < -0.4 is 15.0 Å². The number of hydrogen-bond donors (Lipinski definition) is 1. The van der Waals surface area contributed by atoms with Crippen LogP contribution in [0.1, 0.15) is 60.1 Å². The number of piperidine rings is 1. The van der Waals surface area contributed by atoms with E-state index in [0.29, 0.717) is 5.56 Å². The summed E-state index contributed by atoms with van der Waals surface area (Å²) >= 11 is 0. The van der Waals surface area contributed by atoms with Crippen molar-refractivity contribution in [3.05, 3.63) is 59.2 Å². The summed E-state index contributed by atoms with van der Waals surface area (Å²) in [7, 11) is 1.68. The molecular weight excluding hydrogens is 336 g/mol. The molecule has 1 heterocycles. The highest BCUT2D eigenvalue weighted by atomic mass is 16.5. The largest absolute Gasteiger partial charge is 0.496 e. The highest BCUT2D eigenvalue weighted by Gasteiger charge is 2.16. The van der Waals surface area contributed by atoms with Crippen molar-refractivity contribution in [2.75, 3.05) is 25.1 Å². The number of carbonyl (C=O) groups is 1. The lowest BCUT2D eigenvalue weighted by Gasteiger charge is -2.28. The number of ether oxygens (including phenoxy) is 1. The quantitative estimate of drug-likeness (QED) is 0.792. The van der Waals surface area contributed by atoms with E-state index in [0.717, 1.165) is 36.4 Å². The number of rotatable bonds is 6. The monoisotopic (exact) mass is 366 g/mol. The zero-order valence-electron chi connectivity index (χ0n) is 16.6. The Kier molecular flexibility index (Phi) is 6.38. The van der Waals surface area contributed by atoms with E-state index >= 15 is 0 Å². The van der Waals surface area contributed by atoms with E-state index in [2.05, 4.69) is 35.3 Å². The molecule has 1 unspecified atom stereocenters. The summed E-state index contributed by atoms with van der Waals surface area (Å²) in [6.45, 7) is 6.33. The molecule has 0 aromatic heterocycles. The number of anilines is 1. The molecule has 1 aliphatic rings. The summed E-state index contributed by atoms with van der Waals surface area (Å²) in [6, 6.07) is 14.1. The minimum absolute atomic E-state index is 0.0103. The summed E-state index contributed by atoms with van der Waals surface area (Å²) in [6.07, 6.45) is 4.66. The molecule has 1 amide bonds. The van der Waals surface area contributed by atoms with Crippen LogP contribution in [0.25, 0.3) is 0 Å². The normalized spacial score (nSPS) is 15.3. The molecule has 1 saturated heterocycles. The Hall–Kier alpha value is -2.49. The van der Waals surface area contributed by atoms with Crippen molar-refractivity contribution in [3.63, 3.8) is 0 Å². The highest BCUT2D eigenvalue weighted by Crippen LogP contribution is 2.25. The molecule has 1 N–H and O–H groups in total. The Balaban J connectivity index is 1.68. The van der Waals surface area contributed by atoms with Gasteiger partial charge in [0.05, 0.1) is 13.2 Å². The highest BCUT2D eigenvalue weighted by molar-refractivity contribution is 5.94. The van der Waals surface area contributed by atoms with Crippen LogP contribution >= 0.6 is 0 Å². The van der Waals surface area contributed by atoms with Crippen LogP contribution in [0, 0.1) is 6.92 Å². The SMILES string of the molecule is CCC(NC(=O)c1ccc(N2CCCCC2)cc1)c1ccc(OC)c(C)c1. The molecule has 4 nitrogen and oxygen atoms in total. The summed E-state index contributed by atoms with van der Waals surface area (Å²) in [5.41, 5.74) is 4.10. The van der Waals surface area contributed by atoms with Crippen molar-refractivity contribution in [1.29, 1.82) is 0 Å². The van der Waals surface area contributed by atoms with Crippen molar-refractivity contribution in [1.82, 2.24) is 5.32 Å². The lowest BCUT2D eigenvalue weighted by molar-refractivity contribution is 0.0935. The van der Waals surface area contributed by atoms with E-state index < -0.39 is 0 Å². The van der Waals surface area contributed by atoms with Gasteiger partial charge in [0, 0.05) is 24.3 Å². The Labute approximate surface area is 162 Å². The van der Waals surface area contributed by atoms with Crippen molar-refractivity contribution in [2.24, 2.45) is 0 Å². The van der Waals surface area contributed by atoms with Crippen molar-refractivity contribution in [2.45, 2.75) is 45.6 Å². The maximum absolute atomic E-state index is 12.7. The minimum Gasteiger partial charge on any atom is -0.496 e. The summed E-state index contributed by atoms with van der Waals surface area (Å²) < 4.78 is 5.33. The second-order valence-electron chi connectivity index (χ2n) is 7.26. The lowest BCUT2D eigenvalue weighted by Crippen LogP contribution is -2.30. The molecule has 4 heteroatoms. The van der Waals surface area contributed by atoms with Gasteiger partial charge in [0.25, 0.3) is 5.91 Å². The molecule has 3 rings (SSSR count). The fraction of sp³-hybridized carbons (Fsp3) is 0.435. The number of aryl methyl sites for hydroxylation is 1. The van der Waals surface area contributed by atoms with Crippen LogP contribution in [0.2, 0.25) is 0 Å². The predicted octanol–water partition coefficient (Wildman–Crippen LogP) is 4.88. The molecule has 0 spiro atoms. The fourth-order valence-electron chi connectivity index (χ4n) is 3.76. The number of amides is 1. The van der Waals surface area contributed by atoms with Crippen molar-refractivity contribution < 1.29 is 9.53 Å². The van der Waals surface area contributed by atoms with Gasteiger partial charge in [-0.15, -0.1) is 0 Å². The van der Waals surface area contributed by atoms with Gasteiger partial charge in [-0.1, -0.05) is 19.1 Å².